The Hall–Kier alpha value is -0.680. The second kappa shape index (κ2) is 4.45. The van der Waals surface area contributed by atoms with E-state index in [9.17, 15) is 0 Å². The van der Waals surface area contributed by atoms with E-state index in [1.807, 2.05) is 5.38 Å². The van der Waals surface area contributed by atoms with Crippen molar-refractivity contribution in [3.05, 3.63) is 17.8 Å². The van der Waals surface area contributed by atoms with Crippen molar-refractivity contribution in [1.29, 1.82) is 0 Å². The van der Waals surface area contributed by atoms with Gasteiger partial charge in [0.1, 0.15) is 17.0 Å². The molecule has 0 aliphatic rings. The lowest BCUT2D eigenvalue weighted by Crippen LogP contribution is -2.24. The third-order valence-corrected chi connectivity index (χ3v) is 3.24. The van der Waals surface area contributed by atoms with Crippen molar-refractivity contribution in [3.63, 3.8) is 0 Å². The molecule has 5 heteroatoms. The number of halogens is 1. The second-order valence-electron chi connectivity index (χ2n) is 3.50. The van der Waals surface area contributed by atoms with Crippen molar-refractivity contribution in [2.75, 3.05) is 18.5 Å². The highest BCUT2D eigenvalue weighted by Crippen LogP contribution is 2.26. The Morgan fingerprint density at radius 3 is 3.07 bits per heavy atom. The van der Waals surface area contributed by atoms with Crippen molar-refractivity contribution in [2.45, 2.75) is 11.8 Å². The molecule has 2 aromatic rings. The fourth-order valence-corrected chi connectivity index (χ4v) is 2.71. The fraction of sp³-hybridized carbons (Fsp3) is 0.400. The molecule has 2 heterocycles. The SMILES string of the molecule is CC(Br)CN(C)c1ncnc2sccc12. The highest BCUT2D eigenvalue weighted by atomic mass is 79.9. The number of rotatable bonds is 3. The molecule has 0 amide bonds. The second-order valence-corrected chi connectivity index (χ2v) is 5.96. The van der Waals surface area contributed by atoms with Gasteiger partial charge in [0.15, 0.2) is 0 Å². The van der Waals surface area contributed by atoms with Gasteiger partial charge in [0.2, 0.25) is 0 Å². The van der Waals surface area contributed by atoms with E-state index in [1.165, 1.54) is 0 Å². The van der Waals surface area contributed by atoms with Gasteiger partial charge in [0.05, 0.1) is 5.39 Å². The van der Waals surface area contributed by atoms with Gasteiger partial charge in [-0.2, -0.15) is 0 Å². The van der Waals surface area contributed by atoms with Gasteiger partial charge in [-0.15, -0.1) is 11.3 Å². The molecule has 0 aliphatic heterocycles. The van der Waals surface area contributed by atoms with Crippen LogP contribution in [0.5, 0.6) is 0 Å². The fourth-order valence-electron chi connectivity index (χ4n) is 1.54. The molecule has 2 aromatic heterocycles. The van der Waals surface area contributed by atoms with Crippen LogP contribution < -0.4 is 4.90 Å². The first-order valence-electron chi connectivity index (χ1n) is 4.72. The van der Waals surface area contributed by atoms with Crippen LogP contribution in [0.15, 0.2) is 17.8 Å². The van der Waals surface area contributed by atoms with Gasteiger partial charge in [-0.05, 0) is 11.4 Å². The molecule has 0 bridgehead atoms. The predicted molar refractivity (Wildman–Crippen MR) is 69.1 cm³/mol. The maximum Gasteiger partial charge on any atom is 0.140 e. The summed E-state index contributed by atoms with van der Waals surface area (Å²) in [6.07, 6.45) is 1.63. The molecule has 0 spiro atoms. The van der Waals surface area contributed by atoms with Crippen LogP contribution in [0, 0.1) is 0 Å². The van der Waals surface area contributed by atoms with Gasteiger partial charge in [-0.3, -0.25) is 0 Å². The van der Waals surface area contributed by atoms with Crippen molar-refractivity contribution in [2.24, 2.45) is 0 Å². The summed E-state index contributed by atoms with van der Waals surface area (Å²) in [4.78, 5) is 12.2. The average Bonchev–Trinajstić information content (AvgIpc) is 2.63. The normalized spacial score (nSPS) is 13.0. The van der Waals surface area contributed by atoms with E-state index in [4.69, 9.17) is 0 Å². The van der Waals surface area contributed by atoms with Crippen LogP contribution in [-0.4, -0.2) is 28.4 Å². The Morgan fingerprint density at radius 1 is 1.53 bits per heavy atom. The molecule has 0 N–H and O–H groups in total. The van der Waals surface area contributed by atoms with Crippen molar-refractivity contribution in [3.8, 4) is 0 Å². The van der Waals surface area contributed by atoms with Gasteiger partial charge in [-0.1, -0.05) is 22.9 Å². The minimum Gasteiger partial charge on any atom is -0.358 e. The minimum atomic E-state index is 0.450. The number of aromatic nitrogens is 2. The van der Waals surface area contributed by atoms with Crippen molar-refractivity contribution in [1.82, 2.24) is 9.97 Å². The molecular weight excluding hydrogens is 274 g/mol. The monoisotopic (exact) mass is 285 g/mol. The van der Waals surface area contributed by atoms with E-state index >= 15 is 0 Å². The maximum atomic E-state index is 4.33. The smallest absolute Gasteiger partial charge is 0.140 e. The van der Waals surface area contributed by atoms with E-state index in [0.717, 1.165) is 22.6 Å². The van der Waals surface area contributed by atoms with Gasteiger partial charge in [0.25, 0.3) is 0 Å². The standard InChI is InChI=1S/C10H12BrN3S/c1-7(11)5-14(2)9-8-3-4-15-10(8)13-6-12-9/h3-4,6-7H,5H2,1-2H3. The highest BCUT2D eigenvalue weighted by Gasteiger charge is 2.10. The number of anilines is 1. The van der Waals surface area contributed by atoms with E-state index in [2.05, 4.69) is 50.8 Å². The first-order valence-corrected chi connectivity index (χ1v) is 6.51. The number of fused-ring (bicyclic) bond motifs is 1. The van der Waals surface area contributed by atoms with Gasteiger partial charge < -0.3 is 4.90 Å². The number of hydrogen-bond acceptors (Lipinski definition) is 4. The molecule has 0 saturated heterocycles. The summed E-state index contributed by atoms with van der Waals surface area (Å²) in [5.41, 5.74) is 0. The molecular formula is C10H12BrN3S. The zero-order chi connectivity index (χ0) is 10.8. The van der Waals surface area contributed by atoms with Gasteiger partial charge in [0, 0.05) is 18.4 Å². The molecule has 0 fully saturated rings. The lowest BCUT2D eigenvalue weighted by atomic mass is 10.3. The van der Waals surface area contributed by atoms with Gasteiger partial charge >= 0.3 is 0 Å². The molecule has 0 aliphatic carbocycles. The molecule has 1 atom stereocenters. The van der Waals surface area contributed by atoms with Crippen LogP contribution in [0.2, 0.25) is 0 Å². The summed E-state index contributed by atoms with van der Waals surface area (Å²) in [5, 5.41) is 3.19. The zero-order valence-corrected chi connectivity index (χ0v) is 11.0. The summed E-state index contributed by atoms with van der Waals surface area (Å²) >= 11 is 5.19. The number of thiophene rings is 1. The minimum absolute atomic E-state index is 0.450. The highest BCUT2D eigenvalue weighted by molar-refractivity contribution is 9.09. The summed E-state index contributed by atoms with van der Waals surface area (Å²) in [5.74, 6) is 1.01. The lowest BCUT2D eigenvalue weighted by molar-refractivity contribution is 0.863. The van der Waals surface area contributed by atoms with Crippen molar-refractivity contribution >= 4 is 43.3 Å². The van der Waals surface area contributed by atoms with Crippen LogP contribution in [0.4, 0.5) is 5.82 Å². The molecule has 0 aromatic carbocycles. The van der Waals surface area contributed by atoms with Crippen LogP contribution in [0.25, 0.3) is 10.2 Å². The van der Waals surface area contributed by atoms with Gasteiger partial charge in [-0.25, -0.2) is 9.97 Å². The average molecular weight is 286 g/mol. The summed E-state index contributed by atoms with van der Waals surface area (Å²) < 4.78 is 0. The maximum absolute atomic E-state index is 4.33. The van der Waals surface area contributed by atoms with Crippen molar-refractivity contribution < 1.29 is 0 Å². The van der Waals surface area contributed by atoms with Crippen LogP contribution in [-0.2, 0) is 0 Å². The first kappa shape index (κ1) is 10.8. The Labute approximate surface area is 101 Å². The summed E-state index contributed by atoms with van der Waals surface area (Å²) in [6, 6.07) is 2.07. The number of nitrogens with zero attached hydrogens (tertiary/aromatic N) is 3. The third-order valence-electron chi connectivity index (χ3n) is 2.13. The zero-order valence-electron chi connectivity index (χ0n) is 8.64. The molecule has 80 valence electrons. The predicted octanol–water partition coefficient (Wildman–Crippen LogP) is 2.91. The topological polar surface area (TPSA) is 29.0 Å². The van der Waals surface area contributed by atoms with E-state index in [0.29, 0.717) is 4.83 Å². The Balaban J connectivity index is 2.38. The largest absolute Gasteiger partial charge is 0.358 e. The molecule has 2 rings (SSSR count). The molecule has 0 radical (unpaired) electrons. The lowest BCUT2D eigenvalue weighted by Gasteiger charge is -2.19. The van der Waals surface area contributed by atoms with Crippen LogP contribution in [0.3, 0.4) is 0 Å². The number of hydrogen-bond donors (Lipinski definition) is 0. The first-order chi connectivity index (χ1) is 7.18. The van der Waals surface area contributed by atoms with Crippen LogP contribution in [0.1, 0.15) is 6.92 Å². The summed E-state index contributed by atoms with van der Waals surface area (Å²) in [6.45, 7) is 3.06. The third kappa shape index (κ3) is 2.29. The molecule has 1 unspecified atom stereocenters. The Kier molecular flexibility index (Phi) is 3.21. The van der Waals surface area contributed by atoms with E-state index in [1.54, 1.807) is 17.7 Å². The number of alkyl halides is 1. The van der Waals surface area contributed by atoms with Crippen LogP contribution >= 0.6 is 27.3 Å². The Bertz CT molecular complexity index is 455. The van der Waals surface area contributed by atoms with E-state index in [-0.39, 0.29) is 0 Å². The van der Waals surface area contributed by atoms with E-state index < -0.39 is 0 Å². The quantitative estimate of drug-likeness (QED) is 0.812. The molecule has 15 heavy (non-hydrogen) atoms. The molecule has 3 nitrogen and oxygen atoms in total. The Morgan fingerprint density at radius 2 is 2.33 bits per heavy atom. The summed E-state index contributed by atoms with van der Waals surface area (Å²) in [7, 11) is 2.05. The molecule has 0 saturated carbocycles.